The number of methoxy groups -OCH3 is 1. The number of nitrogens with one attached hydrogen (secondary N) is 1. The lowest BCUT2D eigenvalue weighted by molar-refractivity contribution is -0.187. The minimum Gasteiger partial charge on any atom is -0.495 e. The number of halogens is 4. The molecule has 0 atom stereocenters. The van der Waals surface area contributed by atoms with Crippen molar-refractivity contribution in [3.63, 3.8) is 0 Å². The second-order valence-electron chi connectivity index (χ2n) is 9.27. The summed E-state index contributed by atoms with van der Waals surface area (Å²) in [6, 6.07) is 5.63. The number of hydrogen-bond donors (Lipinski definition) is 1. The summed E-state index contributed by atoms with van der Waals surface area (Å²) >= 11 is 8.00. The van der Waals surface area contributed by atoms with Crippen LogP contribution in [-0.4, -0.2) is 65.1 Å². The van der Waals surface area contributed by atoms with Crippen molar-refractivity contribution in [2.45, 2.75) is 44.9 Å². The van der Waals surface area contributed by atoms with E-state index in [9.17, 15) is 18.0 Å². The van der Waals surface area contributed by atoms with Crippen molar-refractivity contribution in [2.24, 2.45) is 0 Å². The minimum absolute atomic E-state index is 0.0250. The number of amides is 1. The molecule has 1 amide bonds. The first-order valence-corrected chi connectivity index (χ1v) is 13.4. The summed E-state index contributed by atoms with van der Waals surface area (Å²) in [5.41, 5.74) is 2.29. The van der Waals surface area contributed by atoms with E-state index in [0.29, 0.717) is 42.8 Å². The number of hydrogen-bond acceptors (Lipinski definition) is 7. The van der Waals surface area contributed by atoms with Gasteiger partial charge in [-0.3, -0.25) is 9.69 Å². The molecule has 1 aliphatic heterocycles. The van der Waals surface area contributed by atoms with Crippen LogP contribution in [0.15, 0.2) is 18.2 Å². The van der Waals surface area contributed by atoms with E-state index in [-0.39, 0.29) is 13.1 Å². The largest absolute Gasteiger partial charge is 0.495 e. The molecular weight excluding hydrogens is 527 g/mol. The van der Waals surface area contributed by atoms with Gasteiger partial charge >= 0.3 is 12.1 Å². The van der Waals surface area contributed by atoms with E-state index in [1.54, 1.807) is 18.4 Å². The Morgan fingerprint density at radius 2 is 1.92 bits per heavy atom. The number of benzene rings is 1. The molecule has 7 nitrogen and oxygen atoms in total. The Morgan fingerprint density at radius 3 is 2.62 bits per heavy atom. The van der Waals surface area contributed by atoms with Gasteiger partial charge in [0.1, 0.15) is 22.2 Å². The molecule has 0 unspecified atom stereocenters. The van der Waals surface area contributed by atoms with E-state index in [1.807, 2.05) is 23.1 Å². The SMILES string of the molecule is COc1ccc(CNc2nc(CN3CCN(C(=O)C(F)(F)F)CC3)nc3sc4c(c23)CCCC4)cc1Cl. The Labute approximate surface area is 221 Å². The summed E-state index contributed by atoms with van der Waals surface area (Å²) in [5.74, 6) is 0.203. The van der Waals surface area contributed by atoms with Gasteiger partial charge in [-0.15, -0.1) is 11.3 Å². The third-order valence-corrected chi connectivity index (χ3v) is 8.29. The van der Waals surface area contributed by atoms with Gasteiger partial charge in [0.05, 0.1) is 24.1 Å². The molecule has 0 radical (unpaired) electrons. The fourth-order valence-electron chi connectivity index (χ4n) is 4.89. The van der Waals surface area contributed by atoms with E-state index >= 15 is 0 Å². The van der Waals surface area contributed by atoms with Crippen molar-refractivity contribution in [2.75, 3.05) is 38.6 Å². The highest BCUT2D eigenvalue weighted by Gasteiger charge is 2.43. The fraction of sp³-hybridized carbons (Fsp3) is 0.480. The molecule has 37 heavy (non-hydrogen) atoms. The highest BCUT2D eigenvalue weighted by atomic mass is 35.5. The van der Waals surface area contributed by atoms with Gasteiger partial charge in [-0.1, -0.05) is 17.7 Å². The number of anilines is 1. The number of aryl methyl sites for hydroxylation is 2. The number of piperazine rings is 1. The first kappa shape index (κ1) is 26.0. The zero-order valence-corrected chi connectivity index (χ0v) is 21.9. The maximum Gasteiger partial charge on any atom is 0.471 e. The van der Waals surface area contributed by atoms with Crippen molar-refractivity contribution >= 4 is 44.9 Å². The average Bonchev–Trinajstić information content (AvgIpc) is 3.25. The molecule has 2 aliphatic rings. The third kappa shape index (κ3) is 5.63. The maximum absolute atomic E-state index is 12.8. The zero-order chi connectivity index (χ0) is 26.2. The van der Waals surface area contributed by atoms with Gasteiger partial charge < -0.3 is 15.0 Å². The van der Waals surface area contributed by atoms with Gasteiger partial charge in [0.25, 0.3) is 0 Å². The molecule has 1 fully saturated rings. The second-order valence-corrected chi connectivity index (χ2v) is 10.8. The molecule has 1 saturated heterocycles. The van der Waals surface area contributed by atoms with Gasteiger partial charge in [-0.05, 0) is 48.9 Å². The molecule has 1 aromatic carbocycles. The van der Waals surface area contributed by atoms with Crippen LogP contribution in [-0.2, 0) is 30.7 Å². The first-order valence-electron chi connectivity index (χ1n) is 12.2. The number of ether oxygens (including phenoxy) is 1. The quantitative estimate of drug-likeness (QED) is 0.461. The molecule has 0 bridgehead atoms. The van der Waals surface area contributed by atoms with Crippen LogP contribution in [0.25, 0.3) is 10.2 Å². The average molecular weight is 554 g/mol. The lowest BCUT2D eigenvalue weighted by Crippen LogP contribution is -2.52. The summed E-state index contributed by atoms with van der Waals surface area (Å²) in [7, 11) is 1.58. The molecular formula is C25H27ClF3N5O2S. The van der Waals surface area contributed by atoms with Crippen LogP contribution in [0.1, 0.15) is 34.7 Å². The number of thiophene rings is 1. The Kier molecular flexibility index (Phi) is 7.46. The van der Waals surface area contributed by atoms with Crippen LogP contribution in [0.3, 0.4) is 0 Å². The third-order valence-electron chi connectivity index (χ3n) is 6.80. The molecule has 2 aromatic heterocycles. The maximum atomic E-state index is 12.8. The molecule has 12 heteroatoms. The number of fused-ring (bicyclic) bond motifs is 3. The van der Waals surface area contributed by atoms with Crippen molar-refractivity contribution in [3.05, 3.63) is 45.1 Å². The Hall–Kier alpha value is -2.63. The van der Waals surface area contributed by atoms with Crippen molar-refractivity contribution in [3.8, 4) is 5.75 Å². The highest BCUT2D eigenvalue weighted by Crippen LogP contribution is 2.39. The molecule has 1 aliphatic carbocycles. The molecule has 3 aromatic rings. The number of carbonyl (C=O) groups is 1. The number of nitrogens with zero attached hydrogens (tertiary/aromatic N) is 4. The number of aromatic nitrogens is 2. The lowest BCUT2D eigenvalue weighted by atomic mass is 9.97. The summed E-state index contributed by atoms with van der Waals surface area (Å²) < 4.78 is 43.6. The van der Waals surface area contributed by atoms with Gasteiger partial charge in [0, 0.05) is 37.6 Å². The summed E-state index contributed by atoms with van der Waals surface area (Å²) in [5, 5.41) is 5.07. The van der Waals surface area contributed by atoms with Crippen LogP contribution in [0, 0.1) is 0 Å². The highest BCUT2D eigenvalue weighted by molar-refractivity contribution is 7.19. The summed E-state index contributed by atoms with van der Waals surface area (Å²) in [6.07, 6.45) is -0.517. The number of carbonyl (C=O) groups excluding carboxylic acids is 1. The molecule has 0 saturated carbocycles. The van der Waals surface area contributed by atoms with Gasteiger partial charge in [0.2, 0.25) is 0 Å². The molecule has 198 valence electrons. The number of rotatable bonds is 6. The number of alkyl halides is 3. The van der Waals surface area contributed by atoms with Crippen LogP contribution >= 0.6 is 22.9 Å². The van der Waals surface area contributed by atoms with Crippen molar-refractivity contribution in [1.29, 1.82) is 0 Å². The summed E-state index contributed by atoms with van der Waals surface area (Å²) in [6.45, 7) is 1.62. The van der Waals surface area contributed by atoms with E-state index in [2.05, 4.69) is 5.32 Å². The predicted molar refractivity (Wildman–Crippen MR) is 137 cm³/mol. The van der Waals surface area contributed by atoms with Crippen molar-refractivity contribution in [1.82, 2.24) is 19.8 Å². The predicted octanol–water partition coefficient (Wildman–Crippen LogP) is 5.05. The van der Waals surface area contributed by atoms with E-state index in [4.69, 9.17) is 26.3 Å². The van der Waals surface area contributed by atoms with Gasteiger partial charge in [0.15, 0.2) is 0 Å². The van der Waals surface area contributed by atoms with Crippen LogP contribution in [0.5, 0.6) is 5.75 Å². The monoisotopic (exact) mass is 553 g/mol. The molecule has 0 spiro atoms. The summed E-state index contributed by atoms with van der Waals surface area (Å²) in [4.78, 5) is 26.4. The topological polar surface area (TPSA) is 70.6 Å². The minimum atomic E-state index is -4.84. The van der Waals surface area contributed by atoms with Crippen LogP contribution < -0.4 is 10.1 Å². The van der Waals surface area contributed by atoms with Gasteiger partial charge in [-0.25, -0.2) is 9.97 Å². The van der Waals surface area contributed by atoms with Crippen LogP contribution in [0.2, 0.25) is 5.02 Å². The van der Waals surface area contributed by atoms with Crippen molar-refractivity contribution < 1.29 is 22.7 Å². The molecule has 5 rings (SSSR count). The second kappa shape index (κ2) is 10.6. The smallest absolute Gasteiger partial charge is 0.471 e. The Balaban J connectivity index is 1.36. The van der Waals surface area contributed by atoms with E-state index in [0.717, 1.165) is 52.2 Å². The zero-order valence-electron chi connectivity index (χ0n) is 20.3. The molecule has 1 N–H and O–H groups in total. The van der Waals surface area contributed by atoms with E-state index < -0.39 is 12.1 Å². The van der Waals surface area contributed by atoms with E-state index in [1.165, 1.54) is 10.4 Å². The van der Waals surface area contributed by atoms with Gasteiger partial charge in [-0.2, -0.15) is 13.2 Å². The molecule has 3 heterocycles. The lowest BCUT2D eigenvalue weighted by Gasteiger charge is -2.34. The Bertz CT molecular complexity index is 1310. The fourth-order valence-corrected chi connectivity index (χ4v) is 6.45. The normalized spacial score (nSPS) is 16.6. The Morgan fingerprint density at radius 1 is 1.16 bits per heavy atom. The first-order chi connectivity index (χ1) is 17.7. The standard InChI is InChI=1S/C25H27ClF3N5O2S/c1-36-18-7-6-15(12-17(18)26)13-30-22-21-16-4-2-3-5-19(16)37-23(21)32-20(31-22)14-33-8-10-34(11-9-33)24(35)25(27,28)29/h6-7,12H,2-5,8-11,13-14H2,1H3,(H,30,31,32). The van der Waals surface area contributed by atoms with Crippen LogP contribution in [0.4, 0.5) is 19.0 Å².